The molecule has 0 aromatic heterocycles. The van der Waals surface area contributed by atoms with Gasteiger partial charge < -0.3 is 9.53 Å². The van der Waals surface area contributed by atoms with Crippen molar-refractivity contribution in [1.29, 1.82) is 0 Å². The summed E-state index contributed by atoms with van der Waals surface area (Å²) in [7, 11) is -3.17. The van der Waals surface area contributed by atoms with Crippen LogP contribution in [0.2, 0.25) is 18.1 Å². The summed E-state index contributed by atoms with van der Waals surface area (Å²) < 4.78 is 17.6. The summed E-state index contributed by atoms with van der Waals surface area (Å²) in [5.41, 5.74) is 0. The Morgan fingerprint density at radius 1 is 1.18 bits per heavy atom. The van der Waals surface area contributed by atoms with Gasteiger partial charge in [0.2, 0.25) is 0 Å². The molecular weight excluding hydrogens is 316 g/mol. The molecule has 0 unspecified atom stereocenters. The predicted octanol–water partition coefficient (Wildman–Crippen LogP) is 3.12. The van der Waals surface area contributed by atoms with Crippen LogP contribution in [0.25, 0.3) is 0 Å². The lowest BCUT2D eigenvalue weighted by Gasteiger charge is -2.37. The van der Waals surface area contributed by atoms with Crippen LogP contribution >= 0.6 is 0 Å². The first-order valence-corrected chi connectivity index (χ1v) is 12.1. The van der Waals surface area contributed by atoms with Gasteiger partial charge in [-0.3, -0.25) is 9.00 Å². The third-order valence-corrected chi connectivity index (χ3v) is 10.9. The first kappa shape index (κ1) is 22.0. The van der Waals surface area contributed by atoms with Gasteiger partial charge in [0, 0.05) is 21.5 Å². The molecule has 4 nitrogen and oxygen atoms in total. The van der Waals surface area contributed by atoms with Gasteiger partial charge in [0.1, 0.15) is 0 Å². The quantitative estimate of drug-likeness (QED) is 0.717. The number of hydrogen-bond acceptors (Lipinski definition) is 4. The molecule has 0 aromatic rings. The second-order valence-corrected chi connectivity index (χ2v) is 15.5. The number of carbonyl (C=O) groups is 1. The Morgan fingerprint density at radius 2 is 1.64 bits per heavy atom. The van der Waals surface area contributed by atoms with E-state index in [4.69, 9.17) is 4.43 Å². The molecule has 0 aliphatic heterocycles. The van der Waals surface area contributed by atoms with E-state index in [0.29, 0.717) is 0 Å². The number of ketones is 1. The van der Waals surface area contributed by atoms with Crippen LogP contribution in [-0.4, -0.2) is 46.6 Å². The summed E-state index contributed by atoms with van der Waals surface area (Å²) in [6.45, 7) is 18.0. The number of carbonyl (C=O) groups excluding carboxylic acids is 1. The Hall–Kier alpha value is -0.0431. The summed E-state index contributed by atoms with van der Waals surface area (Å²) in [5.74, 6) is -0.738. The van der Waals surface area contributed by atoms with E-state index in [2.05, 4.69) is 33.9 Å². The van der Waals surface area contributed by atoms with Crippen molar-refractivity contribution in [3.63, 3.8) is 0 Å². The molecule has 132 valence electrons. The molecule has 6 heteroatoms. The molecule has 0 bridgehead atoms. The van der Waals surface area contributed by atoms with Crippen LogP contribution in [0, 0.1) is 5.92 Å². The number of hydrogen-bond donors (Lipinski definition) is 1. The summed E-state index contributed by atoms with van der Waals surface area (Å²) in [6.07, 6.45) is -0.849. The average Bonchev–Trinajstić information content (AvgIpc) is 2.32. The second kappa shape index (κ2) is 7.68. The maximum Gasteiger partial charge on any atom is 0.192 e. The lowest BCUT2D eigenvalue weighted by atomic mass is 10.0. The van der Waals surface area contributed by atoms with Crippen molar-refractivity contribution >= 4 is 24.9 Å². The minimum Gasteiger partial charge on any atom is -0.414 e. The molecule has 1 N–H and O–H groups in total. The molecule has 0 aliphatic carbocycles. The van der Waals surface area contributed by atoms with Crippen LogP contribution in [0.15, 0.2) is 0 Å². The van der Waals surface area contributed by atoms with Gasteiger partial charge in [-0.05, 0) is 38.9 Å². The van der Waals surface area contributed by atoms with Gasteiger partial charge in [0.15, 0.2) is 14.1 Å². The van der Waals surface area contributed by atoms with E-state index in [0.717, 1.165) is 0 Å². The molecule has 0 rings (SSSR count). The van der Waals surface area contributed by atoms with E-state index in [1.54, 1.807) is 6.92 Å². The van der Waals surface area contributed by atoms with Crippen LogP contribution in [-0.2, 0) is 20.0 Å². The highest BCUT2D eigenvalue weighted by molar-refractivity contribution is 7.87. The Bertz CT molecular complexity index is 407. The standard InChI is InChI=1S/C16H34O4SSi/c1-12(14(18)11-21(19)15(2,3)4)13(17)10-20-22(8,9)16(5,6)7/h12-13,17H,10-11H2,1-9H3/t12-,13+,21-/m1/s1. The molecule has 0 heterocycles. The van der Waals surface area contributed by atoms with Crippen LogP contribution in [0.4, 0.5) is 0 Å². The Morgan fingerprint density at radius 3 is 2.00 bits per heavy atom. The van der Waals surface area contributed by atoms with Gasteiger partial charge in [0.05, 0.1) is 18.5 Å². The van der Waals surface area contributed by atoms with E-state index >= 15 is 0 Å². The summed E-state index contributed by atoms with van der Waals surface area (Å²) in [5, 5.41) is 10.3. The number of Topliss-reactive ketones (excluding diaryl/α,β-unsaturated/α-hetero) is 1. The maximum atomic E-state index is 12.2. The molecule has 0 saturated carbocycles. The molecule has 0 aliphatic rings. The van der Waals surface area contributed by atoms with Crippen molar-refractivity contribution < 1.29 is 18.5 Å². The predicted molar refractivity (Wildman–Crippen MR) is 96.1 cm³/mol. The molecule has 0 radical (unpaired) electrons. The summed E-state index contributed by atoms with van der Waals surface area (Å²) in [4.78, 5) is 12.2. The van der Waals surface area contributed by atoms with Gasteiger partial charge in [0.25, 0.3) is 0 Å². The third-order valence-electron chi connectivity index (χ3n) is 4.46. The fourth-order valence-electron chi connectivity index (χ4n) is 1.35. The second-order valence-electron chi connectivity index (χ2n) is 8.50. The van der Waals surface area contributed by atoms with E-state index in [-0.39, 0.29) is 23.2 Å². The fourth-order valence-corrected chi connectivity index (χ4v) is 3.32. The van der Waals surface area contributed by atoms with Crippen molar-refractivity contribution in [2.24, 2.45) is 5.92 Å². The van der Waals surface area contributed by atoms with Crippen molar-refractivity contribution in [3.8, 4) is 0 Å². The Kier molecular flexibility index (Phi) is 7.67. The summed E-state index contributed by atoms with van der Waals surface area (Å²) in [6, 6.07) is 0. The SMILES string of the molecule is C[C@@H](C(=O)C[S@@](=O)C(C)(C)C)[C@@H](O)CO[Si](C)(C)C(C)(C)C. The zero-order valence-corrected chi connectivity index (χ0v) is 17.5. The number of aliphatic hydroxyl groups excluding tert-OH is 1. The van der Waals surface area contributed by atoms with E-state index in [1.165, 1.54) is 0 Å². The highest BCUT2D eigenvalue weighted by Gasteiger charge is 2.38. The van der Waals surface area contributed by atoms with Gasteiger partial charge in [-0.2, -0.15) is 0 Å². The van der Waals surface area contributed by atoms with Crippen LogP contribution in [0.3, 0.4) is 0 Å². The van der Waals surface area contributed by atoms with Gasteiger partial charge in [-0.25, -0.2) is 0 Å². The lowest BCUT2D eigenvalue weighted by molar-refractivity contribution is -0.123. The monoisotopic (exact) mass is 350 g/mol. The number of rotatable bonds is 7. The van der Waals surface area contributed by atoms with Gasteiger partial charge >= 0.3 is 0 Å². The molecule has 0 fully saturated rings. The minimum atomic E-state index is -1.94. The normalized spacial score (nSPS) is 17.9. The zero-order chi connectivity index (χ0) is 17.9. The lowest BCUT2D eigenvalue weighted by Crippen LogP contribution is -2.44. The minimum absolute atomic E-state index is 0.0121. The van der Waals surface area contributed by atoms with Crippen molar-refractivity contribution in [3.05, 3.63) is 0 Å². The highest BCUT2D eigenvalue weighted by Crippen LogP contribution is 2.36. The first-order valence-electron chi connectivity index (χ1n) is 7.83. The van der Waals surface area contributed by atoms with Gasteiger partial charge in [-0.15, -0.1) is 0 Å². The molecule has 22 heavy (non-hydrogen) atoms. The van der Waals surface area contributed by atoms with Crippen molar-refractivity contribution in [2.45, 2.75) is 77.4 Å². The summed E-state index contributed by atoms with van der Waals surface area (Å²) >= 11 is 0. The van der Waals surface area contributed by atoms with E-state index in [9.17, 15) is 14.1 Å². The zero-order valence-electron chi connectivity index (χ0n) is 15.6. The molecule has 3 atom stereocenters. The van der Waals surface area contributed by atoms with Crippen molar-refractivity contribution in [1.82, 2.24) is 0 Å². The smallest absolute Gasteiger partial charge is 0.192 e. The van der Waals surface area contributed by atoms with Crippen molar-refractivity contribution in [2.75, 3.05) is 12.4 Å². The third kappa shape index (κ3) is 6.60. The highest BCUT2D eigenvalue weighted by atomic mass is 32.2. The van der Waals surface area contributed by atoms with E-state index < -0.39 is 35.9 Å². The molecule has 0 saturated heterocycles. The molecule has 0 aromatic carbocycles. The van der Waals surface area contributed by atoms with Gasteiger partial charge in [-0.1, -0.05) is 27.7 Å². The Balaban J connectivity index is 4.59. The fraction of sp³-hybridized carbons (Fsp3) is 0.938. The molecule has 0 amide bonds. The van der Waals surface area contributed by atoms with Crippen LogP contribution in [0.1, 0.15) is 48.5 Å². The molecule has 0 spiro atoms. The molecular formula is C16H34O4SSi. The van der Waals surface area contributed by atoms with E-state index in [1.807, 2.05) is 20.8 Å². The maximum absolute atomic E-state index is 12.2. The largest absolute Gasteiger partial charge is 0.414 e. The van der Waals surface area contributed by atoms with Crippen LogP contribution < -0.4 is 0 Å². The Labute approximate surface area is 139 Å². The average molecular weight is 351 g/mol. The van der Waals surface area contributed by atoms with Crippen LogP contribution in [0.5, 0.6) is 0 Å². The number of aliphatic hydroxyl groups is 1. The first-order chi connectivity index (χ1) is 9.59. The topological polar surface area (TPSA) is 63.6 Å².